The topological polar surface area (TPSA) is 32.8 Å². The molecule has 0 spiro atoms. The molecule has 0 N–H and O–H groups in total. The first-order valence-electron chi connectivity index (χ1n) is 5.93. The second-order valence-electron chi connectivity index (χ2n) is 4.05. The van der Waals surface area contributed by atoms with Gasteiger partial charge in [-0.2, -0.15) is 0 Å². The maximum Gasteiger partial charge on any atom is 0.415 e. The molecule has 18 heavy (non-hydrogen) atoms. The number of hydrogen-bond donors (Lipinski definition) is 0. The lowest BCUT2D eigenvalue weighted by molar-refractivity contribution is 0.157. The molecule has 1 aromatic rings. The van der Waals surface area contributed by atoms with Crippen molar-refractivity contribution in [1.29, 1.82) is 0 Å². The van der Waals surface area contributed by atoms with Crippen molar-refractivity contribution in [3.8, 4) is 5.75 Å². The zero-order valence-electron chi connectivity index (χ0n) is 11.2. The van der Waals surface area contributed by atoms with Crippen LogP contribution in [0.2, 0.25) is 0 Å². The van der Waals surface area contributed by atoms with Crippen molar-refractivity contribution in [3.63, 3.8) is 0 Å². The van der Waals surface area contributed by atoms with Gasteiger partial charge in [0.25, 0.3) is 0 Å². The third-order valence-electron chi connectivity index (χ3n) is 2.65. The monoisotopic (exact) mass is 362 g/mol. The number of halogens is 1. The average Bonchev–Trinajstić information content (AvgIpc) is 2.33. The number of hydrogen-bond acceptors (Lipinski definition) is 3. The normalized spacial score (nSPS) is 10.1. The predicted molar refractivity (Wildman–Crippen MR) is 82.4 cm³/mol. The minimum Gasteiger partial charge on any atom is -0.409 e. The molecule has 5 heteroatoms. The van der Waals surface area contributed by atoms with Crippen molar-refractivity contribution < 1.29 is 9.53 Å². The predicted octanol–water partition coefficient (Wildman–Crippen LogP) is 3.20. The summed E-state index contributed by atoms with van der Waals surface area (Å²) in [5.74, 6) is 0.610. The molecular weight excluding hydrogens is 343 g/mol. The Kier molecular flexibility index (Phi) is 5.71. The van der Waals surface area contributed by atoms with Crippen molar-refractivity contribution in [2.24, 2.45) is 0 Å². The molecule has 0 bridgehead atoms. The van der Waals surface area contributed by atoms with E-state index in [1.807, 2.05) is 51.0 Å². The van der Waals surface area contributed by atoms with Crippen LogP contribution >= 0.6 is 22.6 Å². The number of ether oxygens (including phenoxy) is 1. The third-order valence-corrected chi connectivity index (χ3v) is 3.54. The SMILES string of the molecule is CCN(CC)C(=O)Oc1cc(N(C)C)ccc1I. The van der Waals surface area contributed by atoms with Crippen LogP contribution in [0.3, 0.4) is 0 Å². The maximum absolute atomic E-state index is 11.9. The van der Waals surface area contributed by atoms with Gasteiger partial charge in [-0.1, -0.05) is 0 Å². The molecule has 0 atom stereocenters. The van der Waals surface area contributed by atoms with Gasteiger partial charge in [-0.3, -0.25) is 0 Å². The third kappa shape index (κ3) is 3.76. The molecule has 0 saturated heterocycles. The Hall–Kier alpha value is -0.980. The van der Waals surface area contributed by atoms with Gasteiger partial charge in [0.15, 0.2) is 0 Å². The van der Waals surface area contributed by atoms with Gasteiger partial charge in [0.1, 0.15) is 5.75 Å². The van der Waals surface area contributed by atoms with E-state index in [0.717, 1.165) is 9.26 Å². The first-order chi connectivity index (χ1) is 8.49. The van der Waals surface area contributed by atoms with Gasteiger partial charge < -0.3 is 14.5 Å². The lowest BCUT2D eigenvalue weighted by Crippen LogP contribution is -2.33. The van der Waals surface area contributed by atoms with Crippen LogP contribution in [0.5, 0.6) is 5.75 Å². The van der Waals surface area contributed by atoms with E-state index in [0.29, 0.717) is 18.8 Å². The van der Waals surface area contributed by atoms with E-state index in [1.165, 1.54) is 0 Å². The summed E-state index contributed by atoms with van der Waals surface area (Å²) in [5.41, 5.74) is 1.01. The molecule has 0 fully saturated rings. The Morgan fingerprint density at radius 1 is 1.28 bits per heavy atom. The molecule has 0 aromatic heterocycles. The van der Waals surface area contributed by atoms with E-state index in [1.54, 1.807) is 4.90 Å². The summed E-state index contributed by atoms with van der Waals surface area (Å²) in [7, 11) is 3.91. The maximum atomic E-state index is 11.9. The highest BCUT2D eigenvalue weighted by Crippen LogP contribution is 2.26. The molecule has 0 radical (unpaired) electrons. The lowest BCUT2D eigenvalue weighted by atomic mass is 10.3. The largest absolute Gasteiger partial charge is 0.415 e. The number of carbonyl (C=O) groups is 1. The van der Waals surface area contributed by atoms with Crippen molar-refractivity contribution in [2.75, 3.05) is 32.1 Å². The molecule has 1 rings (SSSR count). The van der Waals surface area contributed by atoms with Crippen molar-refractivity contribution in [2.45, 2.75) is 13.8 Å². The molecule has 1 aromatic carbocycles. The standard InChI is InChI=1S/C13H19IN2O2/c1-5-16(6-2)13(17)18-12-9-10(15(3)4)7-8-11(12)14/h7-9H,5-6H2,1-4H3. The van der Waals surface area contributed by atoms with Crippen LogP contribution in [0, 0.1) is 3.57 Å². The summed E-state index contributed by atoms with van der Waals surface area (Å²) in [6.45, 7) is 5.18. The average molecular weight is 362 g/mol. The van der Waals surface area contributed by atoms with Crippen molar-refractivity contribution in [1.82, 2.24) is 4.90 Å². The fraction of sp³-hybridized carbons (Fsp3) is 0.462. The Balaban J connectivity index is 2.89. The van der Waals surface area contributed by atoms with Crippen LogP contribution in [-0.4, -0.2) is 38.2 Å². The number of benzene rings is 1. The number of rotatable bonds is 4. The smallest absolute Gasteiger partial charge is 0.409 e. The van der Waals surface area contributed by atoms with Gasteiger partial charge in [0.2, 0.25) is 0 Å². The molecule has 0 heterocycles. The van der Waals surface area contributed by atoms with E-state index in [-0.39, 0.29) is 6.09 Å². The van der Waals surface area contributed by atoms with Crippen LogP contribution in [0.25, 0.3) is 0 Å². The number of nitrogens with zero attached hydrogens (tertiary/aromatic N) is 2. The van der Waals surface area contributed by atoms with E-state index in [9.17, 15) is 4.79 Å². The van der Waals surface area contributed by atoms with Crippen molar-refractivity contribution >= 4 is 34.4 Å². The Bertz CT molecular complexity index is 417. The highest BCUT2D eigenvalue weighted by atomic mass is 127. The highest BCUT2D eigenvalue weighted by Gasteiger charge is 2.14. The number of anilines is 1. The molecule has 0 saturated carbocycles. The summed E-state index contributed by atoms with van der Waals surface area (Å²) < 4.78 is 6.36. The zero-order valence-corrected chi connectivity index (χ0v) is 13.4. The summed E-state index contributed by atoms with van der Waals surface area (Å²) in [6.07, 6.45) is -0.297. The molecule has 0 unspecified atom stereocenters. The Labute approximate surface area is 122 Å². The minimum atomic E-state index is -0.297. The van der Waals surface area contributed by atoms with Crippen LogP contribution in [0.15, 0.2) is 18.2 Å². The van der Waals surface area contributed by atoms with Gasteiger partial charge in [0.05, 0.1) is 3.57 Å². The first kappa shape index (κ1) is 15.1. The van der Waals surface area contributed by atoms with Crippen LogP contribution < -0.4 is 9.64 Å². The lowest BCUT2D eigenvalue weighted by Gasteiger charge is -2.19. The van der Waals surface area contributed by atoms with Gasteiger partial charge >= 0.3 is 6.09 Å². The molecule has 0 aliphatic heterocycles. The van der Waals surface area contributed by atoms with Crippen molar-refractivity contribution in [3.05, 3.63) is 21.8 Å². The molecule has 0 aliphatic carbocycles. The highest BCUT2D eigenvalue weighted by molar-refractivity contribution is 14.1. The molecule has 0 aliphatic rings. The van der Waals surface area contributed by atoms with Gasteiger partial charge in [-0.25, -0.2) is 4.79 Å². The van der Waals surface area contributed by atoms with E-state index >= 15 is 0 Å². The minimum absolute atomic E-state index is 0.297. The second kappa shape index (κ2) is 6.82. The summed E-state index contributed by atoms with van der Waals surface area (Å²) in [4.78, 5) is 15.5. The molecular formula is C13H19IN2O2. The quantitative estimate of drug-likeness (QED) is 0.772. The van der Waals surface area contributed by atoms with Gasteiger partial charge in [-0.05, 0) is 48.6 Å². The molecule has 4 nitrogen and oxygen atoms in total. The van der Waals surface area contributed by atoms with Crippen LogP contribution in [-0.2, 0) is 0 Å². The molecule has 100 valence electrons. The number of amides is 1. The second-order valence-corrected chi connectivity index (χ2v) is 5.21. The van der Waals surface area contributed by atoms with E-state index < -0.39 is 0 Å². The molecule has 1 amide bonds. The number of carbonyl (C=O) groups excluding carboxylic acids is 1. The Morgan fingerprint density at radius 3 is 2.39 bits per heavy atom. The fourth-order valence-corrected chi connectivity index (χ4v) is 1.93. The zero-order chi connectivity index (χ0) is 13.7. The van der Waals surface area contributed by atoms with Gasteiger partial charge in [-0.15, -0.1) is 0 Å². The first-order valence-corrected chi connectivity index (χ1v) is 7.01. The summed E-state index contributed by atoms with van der Waals surface area (Å²) >= 11 is 2.17. The fourth-order valence-electron chi connectivity index (χ4n) is 1.49. The summed E-state index contributed by atoms with van der Waals surface area (Å²) in [5, 5.41) is 0. The van der Waals surface area contributed by atoms with E-state index in [2.05, 4.69) is 22.6 Å². The Morgan fingerprint density at radius 2 is 1.89 bits per heavy atom. The van der Waals surface area contributed by atoms with Gasteiger partial charge in [0, 0.05) is 38.9 Å². The van der Waals surface area contributed by atoms with E-state index in [4.69, 9.17) is 4.74 Å². The van der Waals surface area contributed by atoms with Crippen LogP contribution in [0.4, 0.5) is 10.5 Å². The van der Waals surface area contributed by atoms with Crippen LogP contribution in [0.1, 0.15) is 13.8 Å². The summed E-state index contributed by atoms with van der Waals surface area (Å²) in [6, 6.07) is 5.82.